The Balaban J connectivity index is 2.02. The molecule has 100 valence electrons. The van der Waals surface area contributed by atoms with E-state index in [1.807, 2.05) is 4.98 Å². The second-order valence-corrected chi connectivity index (χ2v) is 3.51. The van der Waals surface area contributed by atoms with Crippen LogP contribution in [0.3, 0.4) is 0 Å². The highest BCUT2D eigenvalue weighted by atomic mass is 16.4. The number of hydrogen-bond acceptors (Lipinski definition) is 7. The summed E-state index contributed by atoms with van der Waals surface area (Å²) in [5.41, 5.74) is -0.946. The van der Waals surface area contributed by atoms with Crippen molar-refractivity contribution in [3.63, 3.8) is 0 Å². The minimum absolute atomic E-state index is 0.0765. The molecule has 2 aromatic rings. The van der Waals surface area contributed by atoms with E-state index in [4.69, 9.17) is 5.11 Å². The Labute approximate surface area is 104 Å². The lowest BCUT2D eigenvalue weighted by atomic mass is 10.4. The molecule has 0 bridgehead atoms. The molecule has 0 spiro atoms. The maximum Gasteiger partial charge on any atom is 0.342 e. The average molecular weight is 267 g/mol. The second-order valence-electron chi connectivity index (χ2n) is 3.51. The fraction of sp³-hybridized carbons (Fsp3) is 0.250. The molecule has 4 N–H and O–H groups in total. The molecule has 0 aliphatic carbocycles. The molecule has 11 heteroatoms. The van der Waals surface area contributed by atoms with Gasteiger partial charge in [0.2, 0.25) is 5.82 Å². The number of nitrogens with one attached hydrogen (secondary N) is 3. The number of anilines is 1. The van der Waals surface area contributed by atoms with Crippen LogP contribution >= 0.6 is 0 Å². The third kappa shape index (κ3) is 3.24. The Kier molecular flexibility index (Phi) is 3.36. The SMILES string of the molecule is O=C(O)Cn1cc(CNc2n[nH]c(=O)[nH]c2=O)nn1. The molecule has 2 rings (SSSR count). The van der Waals surface area contributed by atoms with Gasteiger partial charge >= 0.3 is 11.7 Å². The minimum Gasteiger partial charge on any atom is -0.480 e. The van der Waals surface area contributed by atoms with Crippen molar-refractivity contribution in [2.45, 2.75) is 13.1 Å². The Morgan fingerprint density at radius 2 is 2.26 bits per heavy atom. The third-order valence-corrected chi connectivity index (χ3v) is 2.03. The monoisotopic (exact) mass is 267 g/mol. The van der Waals surface area contributed by atoms with E-state index >= 15 is 0 Å². The Hall–Kier alpha value is -2.98. The van der Waals surface area contributed by atoms with Gasteiger partial charge in [-0.3, -0.25) is 14.6 Å². The van der Waals surface area contributed by atoms with Crippen LogP contribution in [0.4, 0.5) is 5.82 Å². The molecule has 11 nitrogen and oxygen atoms in total. The number of carboxylic acids is 1. The zero-order chi connectivity index (χ0) is 13.8. The quantitative estimate of drug-likeness (QED) is 0.472. The van der Waals surface area contributed by atoms with E-state index in [2.05, 4.69) is 25.8 Å². The van der Waals surface area contributed by atoms with Crippen molar-refractivity contribution in [1.29, 1.82) is 0 Å². The van der Waals surface area contributed by atoms with Gasteiger partial charge in [0.1, 0.15) is 12.2 Å². The summed E-state index contributed by atoms with van der Waals surface area (Å²) in [4.78, 5) is 34.5. The van der Waals surface area contributed by atoms with Crippen LogP contribution in [0.1, 0.15) is 5.69 Å². The summed E-state index contributed by atoms with van der Waals surface area (Å²) in [6.07, 6.45) is 1.42. The topological polar surface area (TPSA) is 159 Å². The van der Waals surface area contributed by atoms with E-state index in [1.165, 1.54) is 6.20 Å². The first-order chi connectivity index (χ1) is 9.04. The highest BCUT2D eigenvalue weighted by Crippen LogP contribution is 1.96. The van der Waals surface area contributed by atoms with Gasteiger partial charge in [0.25, 0.3) is 5.56 Å². The maximum atomic E-state index is 11.3. The molecule has 0 aromatic carbocycles. The van der Waals surface area contributed by atoms with Gasteiger partial charge in [-0.05, 0) is 0 Å². The highest BCUT2D eigenvalue weighted by Gasteiger charge is 2.06. The smallest absolute Gasteiger partial charge is 0.342 e. The summed E-state index contributed by atoms with van der Waals surface area (Å²) in [5, 5.41) is 24.1. The van der Waals surface area contributed by atoms with Crippen molar-refractivity contribution >= 4 is 11.8 Å². The lowest BCUT2D eigenvalue weighted by Gasteiger charge is -1.99. The summed E-state index contributed by atoms with van der Waals surface area (Å²) in [5.74, 6) is -1.12. The first-order valence-electron chi connectivity index (χ1n) is 5.08. The lowest BCUT2D eigenvalue weighted by Crippen LogP contribution is -2.26. The number of hydrogen-bond donors (Lipinski definition) is 4. The number of carbonyl (C=O) groups is 1. The van der Waals surface area contributed by atoms with E-state index < -0.39 is 17.2 Å². The molecular formula is C8H9N7O4. The molecule has 0 radical (unpaired) electrons. The molecule has 2 aromatic heterocycles. The molecule has 0 aliphatic heterocycles. The molecule has 19 heavy (non-hydrogen) atoms. The van der Waals surface area contributed by atoms with E-state index in [0.29, 0.717) is 5.69 Å². The van der Waals surface area contributed by atoms with Gasteiger partial charge in [-0.1, -0.05) is 5.21 Å². The van der Waals surface area contributed by atoms with Gasteiger partial charge < -0.3 is 10.4 Å². The molecule has 0 amide bonds. The summed E-state index contributed by atoms with van der Waals surface area (Å²) in [6, 6.07) is 0. The molecule has 0 saturated heterocycles. The Morgan fingerprint density at radius 1 is 1.47 bits per heavy atom. The average Bonchev–Trinajstić information content (AvgIpc) is 2.74. The van der Waals surface area contributed by atoms with Crippen molar-refractivity contribution in [3.05, 3.63) is 32.7 Å². The number of aromatic nitrogens is 6. The summed E-state index contributed by atoms with van der Waals surface area (Å²) >= 11 is 0. The standard InChI is InChI=1S/C8H9N7O4/c16-5(17)3-15-2-4(11-14-15)1-9-6-7(18)10-8(19)13-12-6/h2H,1,3H2,(H,9,12)(H,16,17)(H2,10,13,18,19). The number of aromatic amines is 2. The van der Waals surface area contributed by atoms with Crippen LogP contribution in [-0.2, 0) is 17.9 Å². The Morgan fingerprint density at radius 3 is 2.95 bits per heavy atom. The van der Waals surface area contributed by atoms with Gasteiger partial charge in [-0.25, -0.2) is 14.6 Å². The van der Waals surface area contributed by atoms with Crippen LogP contribution in [0.5, 0.6) is 0 Å². The van der Waals surface area contributed by atoms with Gasteiger partial charge in [0, 0.05) is 0 Å². The van der Waals surface area contributed by atoms with Crippen LogP contribution in [0.15, 0.2) is 15.8 Å². The first kappa shape index (κ1) is 12.5. The highest BCUT2D eigenvalue weighted by molar-refractivity contribution is 5.66. The van der Waals surface area contributed by atoms with Crippen LogP contribution in [0, 0.1) is 0 Å². The fourth-order valence-corrected chi connectivity index (χ4v) is 1.28. The zero-order valence-electron chi connectivity index (χ0n) is 9.45. The van der Waals surface area contributed by atoms with Gasteiger partial charge in [0.15, 0.2) is 0 Å². The van der Waals surface area contributed by atoms with Crippen LogP contribution < -0.4 is 16.6 Å². The molecule has 2 heterocycles. The molecule has 0 saturated carbocycles. The zero-order valence-corrected chi connectivity index (χ0v) is 9.45. The largest absolute Gasteiger partial charge is 0.480 e. The number of H-pyrrole nitrogens is 2. The lowest BCUT2D eigenvalue weighted by molar-refractivity contribution is -0.137. The van der Waals surface area contributed by atoms with E-state index in [0.717, 1.165) is 4.68 Å². The molecule has 0 atom stereocenters. The van der Waals surface area contributed by atoms with Gasteiger partial charge in [-0.2, -0.15) is 0 Å². The van der Waals surface area contributed by atoms with Gasteiger partial charge in [-0.15, -0.1) is 10.2 Å². The van der Waals surface area contributed by atoms with E-state index in [9.17, 15) is 14.4 Å². The number of nitrogens with zero attached hydrogens (tertiary/aromatic N) is 4. The summed E-state index contributed by atoms with van der Waals surface area (Å²) < 4.78 is 1.14. The Bertz CT molecular complexity index is 699. The van der Waals surface area contributed by atoms with Crippen LogP contribution in [0.2, 0.25) is 0 Å². The molecule has 0 aliphatic rings. The van der Waals surface area contributed by atoms with Crippen molar-refractivity contribution in [2.24, 2.45) is 0 Å². The predicted octanol–water partition coefficient (Wildman–Crippen LogP) is -2.25. The molecule has 0 unspecified atom stereocenters. The normalized spacial score (nSPS) is 10.3. The van der Waals surface area contributed by atoms with E-state index in [-0.39, 0.29) is 18.9 Å². The number of rotatable bonds is 5. The first-order valence-corrected chi connectivity index (χ1v) is 5.08. The molecule has 0 fully saturated rings. The maximum absolute atomic E-state index is 11.3. The number of carboxylic acid groups (broad SMARTS) is 1. The fourth-order valence-electron chi connectivity index (χ4n) is 1.28. The molecular weight excluding hydrogens is 258 g/mol. The van der Waals surface area contributed by atoms with Gasteiger partial charge in [0.05, 0.1) is 12.7 Å². The van der Waals surface area contributed by atoms with Crippen molar-refractivity contribution in [3.8, 4) is 0 Å². The van der Waals surface area contributed by atoms with Crippen LogP contribution in [0.25, 0.3) is 0 Å². The third-order valence-electron chi connectivity index (χ3n) is 2.03. The van der Waals surface area contributed by atoms with Crippen molar-refractivity contribution < 1.29 is 9.90 Å². The second kappa shape index (κ2) is 5.12. The summed E-state index contributed by atoms with van der Waals surface area (Å²) in [6.45, 7) is -0.188. The summed E-state index contributed by atoms with van der Waals surface area (Å²) in [7, 11) is 0. The predicted molar refractivity (Wildman–Crippen MR) is 60.5 cm³/mol. The van der Waals surface area contributed by atoms with E-state index in [1.54, 1.807) is 0 Å². The van der Waals surface area contributed by atoms with Crippen molar-refractivity contribution in [1.82, 2.24) is 30.2 Å². The number of aliphatic carboxylic acids is 1. The minimum atomic E-state index is -1.04. The van der Waals surface area contributed by atoms with Crippen LogP contribution in [-0.4, -0.2) is 41.3 Å². The van der Waals surface area contributed by atoms with Crippen molar-refractivity contribution in [2.75, 3.05) is 5.32 Å².